The highest BCUT2D eigenvalue weighted by atomic mass is 16.5. The van der Waals surface area contributed by atoms with Crippen LogP contribution in [0.4, 0.5) is 0 Å². The molecule has 1 N–H and O–H groups in total. The molecule has 1 aliphatic rings. The monoisotopic (exact) mass is 379 g/mol. The van der Waals surface area contributed by atoms with Gasteiger partial charge in [0, 0.05) is 6.54 Å². The van der Waals surface area contributed by atoms with E-state index in [1.807, 2.05) is 38.1 Å². The molecule has 1 atom stereocenters. The molecule has 0 aromatic heterocycles. The molecule has 2 aromatic rings. The van der Waals surface area contributed by atoms with E-state index < -0.39 is 17.7 Å². The zero-order chi connectivity index (χ0) is 20.3. The molecule has 1 fully saturated rings. The number of amides is 1. The number of nitrogens with zero attached hydrogens (tertiary/aromatic N) is 1. The van der Waals surface area contributed by atoms with Crippen molar-refractivity contribution in [1.82, 2.24) is 4.90 Å². The van der Waals surface area contributed by atoms with E-state index >= 15 is 0 Å². The number of unbranched alkanes of at least 4 members (excludes halogenated alkanes) is 1. The van der Waals surface area contributed by atoms with Gasteiger partial charge in [0.15, 0.2) is 0 Å². The van der Waals surface area contributed by atoms with Crippen molar-refractivity contribution in [3.8, 4) is 5.75 Å². The Kier molecular flexibility index (Phi) is 5.83. The maximum Gasteiger partial charge on any atom is 0.295 e. The van der Waals surface area contributed by atoms with Crippen molar-refractivity contribution in [1.29, 1.82) is 0 Å². The molecule has 5 heteroatoms. The largest absolute Gasteiger partial charge is 0.507 e. The highest BCUT2D eigenvalue weighted by Gasteiger charge is 2.45. The van der Waals surface area contributed by atoms with E-state index in [2.05, 4.69) is 0 Å². The fourth-order valence-corrected chi connectivity index (χ4v) is 3.61. The summed E-state index contributed by atoms with van der Waals surface area (Å²) in [5, 5.41) is 11.1. The molecule has 146 valence electrons. The van der Waals surface area contributed by atoms with Crippen LogP contribution in [0.25, 0.3) is 5.76 Å². The maximum absolute atomic E-state index is 12.9. The number of benzene rings is 2. The Morgan fingerprint density at radius 3 is 2.57 bits per heavy atom. The van der Waals surface area contributed by atoms with Crippen molar-refractivity contribution in [2.75, 3.05) is 13.7 Å². The molecule has 1 saturated heterocycles. The number of rotatable bonds is 6. The fourth-order valence-electron chi connectivity index (χ4n) is 3.61. The zero-order valence-corrected chi connectivity index (χ0v) is 16.4. The van der Waals surface area contributed by atoms with Crippen LogP contribution >= 0.6 is 0 Å². The lowest BCUT2D eigenvalue weighted by atomic mass is 9.94. The Morgan fingerprint density at radius 2 is 1.89 bits per heavy atom. The fraction of sp³-hybridized carbons (Fsp3) is 0.304. The van der Waals surface area contributed by atoms with Crippen molar-refractivity contribution >= 4 is 17.4 Å². The summed E-state index contributed by atoms with van der Waals surface area (Å²) in [4.78, 5) is 27.3. The molecule has 1 heterocycles. The lowest BCUT2D eigenvalue weighted by Crippen LogP contribution is -2.30. The maximum atomic E-state index is 12.9. The van der Waals surface area contributed by atoms with Gasteiger partial charge < -0.3 is 14.7 Å². The summed E-state index contributed by atoms with van der Waals surface area (Å²) in [6, 6.07) is 14.0. The number of aliphatic hydroxyl groups is 1. The quantitative estimate of drug-likeness (QED) is 0.463. The van der Waals surface area contributed by atoms with Crippen LogP contribution in [0.2, 0.25) is 0 Å². The number of methoxy groups -OCH3 is 1. The zero-order valence-electron chi connectivity index (χ0n) is 16.4. The topological polar surface area (TPSA) is 66.8 Å². The van der Waals surface area contributed by atoms with E-state index in [9.17, 15) is 14.7 Å². The van der Waals surface area contributed by atoms with Gasteiger partial charge >= 0.3 is 0 Å². The average molecular weight is 379 g/mol. The Balaban J connectivity index is 2.21. The van der Waals surface area contributed by atoms with Crippen LogP contribution in [0.15, 0.2) is 54.1 Å². The molecule has 1 aliphatic heterocycles. The van der Waals surface area contributed by atoms with Crippen molar-refractivity contribution < 1.29 is 19.4 Å². The van der Waals surface area contributed by atoms with Crippen LogP contribution in [0.1, 0.15) is 42.5 Å². The van der Waals surface area contributed by atoms with E-state index in [0.29, 0.717) is 17.9 Å². The first-order chi connectivity index (χ1) is 13.5. The Labute approximate surface area is 165 Å². The van der Waals surface area contributed by atoms with Crippen LogP contribution < -0.4 is 4.74 Å². The number of carbonyl (C=O) groups is 2. The number of para-hydroxylation sites is 1. The minimum absolute atomic E-state index is 0.108. The second kappa shape index (κ2) is 8.30. The summed E-state index contributed by atoms with van der Waals surface area (Å²) in [7, 11) is 1.50. The van der Waals surface area contributed by atoms with Crippen molar-refractivity contribution in [2.45, 2.75) is 32.7 Å². The predicted octanol–water partition coefficient (Wildman–Crippen LogP) is 4.23. The number of hydrogen-bond acceptors (Lipinski definition) is 4. The number of hydrogen-bond donors (Lipinski definition) is 1. The molecular formula is C23H25NO4. The van der Waals surface area contributed by atoms with Gasteiger partial charge in [-0.1, -0.05) is 55.3 Å². The molecule has 5 nitrogen and oxygen atoms in total. The molecule has 28 heavy (non-hydrogen) atoms. The number of likely N-dealkylation sites (tertiary alicyclic amines) is 1. The van der Waals surface area contributed by atoms with E-state index in [1.165, 1.54) is 7.11 Å². The lowest BCUT2D eigenvalue weighted by Gasteiger charge is -2.25. The molecular weight excluding hydrogens is 354 g/mol. The summed E-state index contributed by atoms with van der Waals surface area (Å²) < 4.78 is 5.34. The van der Waals surface area contributed by atoms with E-state index in [0.717, 1.165) is 24.0 Å². The summed E-state index contributed by atoms with van der Waals surface area (Å²) in [5.41, 5.74) is 2.34. The lowest BCUT2D eigenvalue weighted by molar-refractivity contribution is -0.139. The Hall–Kier alpha value is -3.08. The predicted molar refractivity (Wildman–Crippen MR) is 108 cm³/mol. The summed E-state index contributed by atoms with van der Waals surface area (Å²) >= 11 is 0. The number of ether oxygens (including phenoxy) is 1. The molecule has 0 radical (unpaired) electrons. The number of aryl methyl sites for hydroxylation is 1. The smallest absolute Gasteiger partial charge is 0.295 e. The SMILES string of the molecule is CCCCN1C(=O)C(=O)/C(=C(\O)c2ccccc2OC)C1c1cccc(C)c1. The number of Topliss-reactive ketones (excluding diaryl/α,β-unsaturated/α-hetero) is 1. The Bertz CT molecular complexity index is 932. The van der Waals surface area contributed by atoms with Gasteiger partial charge in [0.2, 0.25) is 0 Å². The van der Waals surface area contributed by atoms with Crippen LogP contribution in [0.3, 0.4) is 0 Å². The van der Waals surface area contributed by atoms with Gasteiger partial charge in [0.1, 0.15) is 11.5 Å². The van der Waals surface area contributed by atoms with Gasteiger partial charge in [-0.25, -0.2) is 0 Å². The van der Waals surface area contributed by atoms with Crippen LogP contribution in [0, 0.1) is 6.92 Å². The first-order valence-electron chi connectivity index (χ1n) is 9.48. The van der Waals surface area contributed by atoms with Crippen molar-refractivity contribution in [3.63, 3.8) is 0 Å². The van der Waals surface area contributed by atoms with Crippen LogP contribution in [-0.4, -0.2) is 35.4 Å². The minimum atomic E-state index is -0.661. The van der Waals surface area contributed by atoms with Crippen LogP contribution in [0.5, 0.6) is 5.75 Å². The summed E-state index contributed by atoms with van der Waals surface area (Å²) in [5.74, 6) is -0.994. The molecule has 1 amide bonds. The molecule has 3 rings (SSSR count). The van der Waals surface area contributed by atoms with Crippen LogP contribution in [-0.2, 0) is 9.59 Å². The van der Waals surface area contributed by atoms with Gasteiger partial charge in [-0.3, -0.25) is 9.59 Å². The molecule has 0 bridgehead atoms. The molecule has 0 aliphatic carbocycles. The first-order valence-corrected chi connectivity index (χ1v) is 9.48. The second-order valence-electron chi connectivity index (χ2n) is 6.96. The summed E-state index contributed by atoms with van der Waals surface area (Å²) in [6.07, 6.45) is 1.68. The Morgan fingerprint density at radius 1 is 1.14 bits per heavy atom. The van der Waals surface area contributed by atoms with E-state index in [1.54, 1.807) is 29.2 Å². The van der Waals surface area contributed by atoms with Gasteiger partial charge in [-0.2, -0.15) is 0 Å². The number of ketones is 1. The normalized spacial score (nSPS) is 18.5. The minimum Gasteiger partial charge on any atom is -0.507 e. The number of carbonyl (C=O) groups excluding carboxylic acids is 2. The van der Waals surface area contributed by atoms with Crippen molar-refractivity contribution in [3.05, 3.63) is 70.8 Å². The van der Waals surface area contributed by atoms with Gasteiger partial charge in [0.25, 0.3) is 11.7 Å². The molecule has 1 unspecified atom stereocenters. The molecule has 0 saturated carbocycles. The van der Waals surface area contributed by atoms with Gasteiger partial charge in [-0.15, -0.1) is 0 Å². The van der Waals surface area contributed by atoms with Gasteiger partial charge in [-0.05, 0) is 31.0 Å². The van der Waals surface area contributed by atoms with E-state index in [4.69, 9.17) is 4.74 Å². The molecule has 2 aromatic carbocycles. The standard InChI is InChI=1S/C23H25NO4/c1-4-5-13-24-20(16-10-8-9-15(2)14-16)19(22(26)23(24)27)21(25)17-11-6-7-12-18(17)28-3/h6-12,14,20,25H,4-5,13H2,1-3H3/b21-19-. The van der Waals surface area contributed by atoms with Crippen molar-refractivity contribution in [2.24, 2.45) is 0 Å². The second-order valence-corrected chi connectivity index (χ2v) is 6.96. The highest BCUT2D eigenvalue weighted by Crippen LogP contribution is 2.41. The third-order valence-corrected chi connectivity index (χ3v) is 5.01. The average Bonchev–Trinajstić information content (AvgIpc) is 2.96. The highest BCUT2D eigenvalue weighted by molar-refractivity contribution is 6.46. The summed E-state index contributed by atoms with van der Waals surface area (Å²) in [6.45, 7) is 4.46. The third-order valence-electron chi connectivity index (χ3n) is 5.01. The van der Waals surface area contributed by atoms with E-state index in [-0.39, 0.29) is 11.3 Å². The van der Waals surface area contributed by atoms with Gasteiger partial charge in [0.05, 0.1) is 24.3 Å². The number of aliphatic hydroxyl groups excluding tert-OH is 1. The molecule has 0 spiro atoms. The third kappa shape index (κ3) is 3.52. The first kappa shape index (κ1) is 19.7.